The van der Waals surface area contributed by atoms with Crippen LogP contribution in [0.25, 0.3) is 0 Å². The van der Waals surface area contributed by atoms with E-state index in [2.05, 4.69) is 15.9 Å². The highest BCUT2D eigenvalue weighted by Crippen LogP contribution is 2.30. The summed E-state index contributed by atoms with van der Waals surface area (Å²) < 4.78 is 10.5. The summed E-state index contributed by atoms with van der Waals surface area (Å²) in [6.45, 7) is 5.11. The lowest BCUT2D eigenvalue weighted by Gasteiger charge is -2.40. The van der Waals surface area contributed by atoms with Crippen LogP contribution < -0.4 is 10.6 Å². The Morgan fingerprint density at radius 1 is 1.21 bits per heavy atom. The number of ether oxygens (including phenoxy) is 2. The molecule has 1 saturated heterocycles. The summed E-state index contributed by atoms with van der Waals surface area (Å²) in [6.07, 6.45) is 2.10. The van der Waals surface area contributed by atoms with Crippen molar-refractivity contribution in [2.24, 2.45) is 0 Å². The molecule has 1 aromatic rings. The number of benzene rings is 1. The molecule has 0 spiro atoms. The minimum Gasteiger partial charge on any atom is -0.397 e. The second-order valence-corrected chi connectivity index (χ2v) is 6.09. The second kappa shape index (κ2) is 9.48. The van der Waals surface area contributed by atoms with Crippen LogP contribution in [0.2, 0.25) is 0 Å². The minimum absolute atomic E-state index is 0.516. The molecule has 0 aromatic heterocycles. The number of methoxy groups -OCH3 is 2. The fourth-order valence-corrected chi connectivity index (χ4v) is 3.35. The Bertz CT molecular complexity index is 542. The van der Waals surface area contributed by atoms with E-state index in [9.17, 15) is 5.26 Å². The Balaban J connectivity index is 2.00. The SMILES string of the molecule is COCCN(CCOC)C1CCN(c2c(N)cccc2C#N)CC1. The zero-order chi connectivity index (χ0) is 17.4. The Kier molecular flexibility index (Phi) is 7.32. The molecular formula is C18H28N4O2. The van der Waals surface area contributed by atoms with E-state index in [0.29, 0.717) is 17.3 Å². The quantitative estimate of drug-likeness (QED) is 0.731. The maximum absolute atomic E-state index is 9.34. The molecule has 0 unspecified atom stereocenters. The van der Waals surface area contributed by atoms with Crippen molar-refractivity contribution < 1.29 is 9.47 Å². The number of rotatable bonds is 8. The summed E-state index contributed by atoms with van der Waals surface area (Å²) in [6, 6.07) is 8.31. The summed E-state index contributed by atoms with van der Waals surface area (Å²) in [7, 11) is 3.47. The summed E-state index contributed by atoms with van der Waals surface area (Å²) >= 11 is 0. The number of hydrogen-bond acceptors (Lipinski definition) is 6. The Hall–Kier alpha value is -1.81. The number of hydrogen-bond donors (Lipinski definition) is 1. The van der Waals surface area contributed by atoms with Crippen LogP contribution in [0, 0.1) is 11.3 Å². The molecule has 1 aromatic carbocycles. The fraction of sp³-hybridized carbons (Fsp3) is 0.611. The lowest BCUT2D eigenvalue weighted by atomic mass is 10.0. The first-order valence-electron chi connectivity index (χ1n) is 8.46. The molecule has 1 fully saturated rings. The normalized spacial score (nSPS) is 15.7. The number of nitrogens with zero attached hydrogens (tertiary/aromatic N) is 3. The number of nitriles is 1. The van der Waals surface area contributed by atoms with Gasteiger partial charge in [0.15, 0.2) is 0 Å². The van der Waals surface area contributed by atoms with Gasteiger partial charge in [0.1, 0.15) is 6.07 Å². The van der Waals surface area contributed by atoms with Crippen LogP contribution in [-0.4, -0.2) is 64.6 Å². The van der Waals surface area contributed by atoms with Crippen molar-refractivity contribution in [1.82, 2.24) is 4.90 Å². The van der Waals surface area contributed by atoms with Crippen molar-refractivity contribution in [3.8, 4) is 6.07 Å². The number of para-hydroxylation sites is 1. The van der Waals surface area contributed by atoms with Crippen LogP contribution in [0.5, 0.6) is 0 Å². The molecule has 1 heterocycles. The largest absolute Gasteiger partial charge is 0.397 e. The summed E-state index contributed by atoms with van der Waals surface area (Å²) in [5.41, 5.74) is 8.35. The Morgan fingerprint density at radius 2 is 1.83 bits per heavy atom. The van der Waals surface area contributed by atoms with Crippen molar-refractivity contribution >= 4 is 11.4 Å². The van der Waals surface area contributed by atoms with Crippen LogP contribution in [0.3, 0.4) is 0 Å². The summed E-state index contributed by atoms with van der Waals surface area (Å²) in [5, 5.41) is 9.34. The molecule has 2 N–H and O–H groups in total. The molecule has 1 aliphatic heterocycles. The van der Waals surface area contributed by atoms with Crippen LogP contribution in [0.1, 0.15) is 18.4 Å². The smallest absolute Gasteiger partial charge is 0.101 e. The monoisotopic (exact) mass is 332 g/mol. The molecule has 6 nitrogen and oxygen atoms in total. The van der Waals surface area contributed by atoms with Gasteiger partial charge in [0.25, 0.3) is 0 Å². The predicted molar refractivity (Wildman–Crippen MR) is 96.1 cm³/mol. The molecule has 24 heavy (non-hydrogen) atoms. The third kappa shape index (κ3) is 4.60. The molecule has 1 aliphatic rings. The maximum Gasteiger partial charge on any atom is 0.101 e. The average molecular weight is 332 g/mol. The number of nitrogens with two attached hydrogens (primary N) is 1. The van der Waals surface area contributed by atoms with Gasteiger partial charge in [-0.15, -0.1) is 0 Å². The Morgan fingerprint density at radius 3 is 2.38 bits per heavy atom. The standard InChI is InChI=1S/C18H28N4O2/c1-23-12-10-21(11-13-24-2)16-6-8-22(9-7-16)18-15(14-19)4-3-5-17(18)20/h3-5,16H,6-13,20H2,1-2H3. The lowest BCUT2D eigenvalue weighted by Crippen LogP contribution is -2.47. The van der Waals surface area contributed by atoms with E-state index in [-0.39, 0.29) is 0 Å². The number of anilines is 2. The Labute approximate surface area is 144 Å². The van der Waals surface area contributed by atoms with Crippen molar-refractivity contribution in [2.45, 2.75) is 18.9 Å². The van der Waals surface area contributed by atoms with Crippen LogP contribution >= 0.6 is 0 Å². The van der Waals surface area contributed by atoms with Gasteiger partial charge in [-0.3, -0.25) is 4.90 Å². The zero-order valence-electron chi connectivity index (χ0n) is 14.7. The fourth-order valence-electron chi connectivity index (χ4n) is 3.35. The molecule has 0 amide bonds. The van der Waals surface area contributed by atoms with Gasteiger partial charge in [0.05, 0.1) is 30.2 Å². The number of piperidine rings is 1. The zero-order valence-corrected chi connectivity index (χ0v) is 14.7. The minimum atomic E-state index is 0.516. The van der Waals surface area contributed by atoms with E-state index >= 15 is 0 Å². The highest BCUT2D eigenvalue weighted by Gasteiger charge is 2.26. The van der Waals surface area contributed by atoms with E-state index in [4.69, 9.17) is 15.2 Å². The van der Waals surface area contributed by atoms with Crippen LogP contribution in [-0.2, 0) is 9.47 Å². The van der Waals surface area contributed by atoms with Gasteiger partial charge in [-0.1, -0.05) is 6.07 Å². The van der Waals surface area contributed by atoms with E-state index in [1.165, 1.54) is 0 Å². The first kappa shape index (κ1) is 18.5. The average Bonchev–Trinajstić information content (AvgIpc) is 2.62. The van der Waals surface area contributed by atoms with Crippen molar-refractivity contribution in [3.63, 3.8) is 0 Å². The van der Waals surface area contributed by atoms with E-state index in [1.54, 1.807) is 14.2 Å². The van der Waals surface area contributed by atoms with Gasteiger partial charge < -0.3 is 20.1 Å². The molecule has 0 atom stereocenters. The van der Waals surface area contributed by atoms with Gasteiger partial charge in [0, 0.05) is 46.4 Å². The molecule has 6 heteroatoms. The summed E-state index contributed by atoms with van der Waals surface area (Å²) in [4.78, 5) is 4.69. The van der Waals surface area contributed by atoms with Crippen LogP contribution in [0.4, 0.5) is 11.4 Å². The second-order valence-electron chi connectivity index (χ2n) is 6.09. The van der Waals surface area contributed by atoms with E-state index < -0.39 is 0 Å². The van der Waals surface area contributed by atoms with E-state index in [1.807, 2.05) is 18.2 Å². The molecular weight excluding hydrogens is 304 g/mol. The van der Waals surface area contributed by atoms with Crippen molar-refractivity contribution in [1.29, 1.82) is 5.26 Å². The van der Waals surface area contributed by atoms with Gasteiger partial charge in [-0.2, -0.15) is 5.26 Å². The summed E-state index contributed by atoms with van der Waals surface area (Å²) in [5.74, 6) is 0. The third-order valence-electron chi connectivity index (χ3n) is 4.65. The first-order valence-corrected chi connectivity index (χ1v) is 8.46. The third-order valence-corrected chi connectivity index (χ3v) is 4.65. The highest BCUT2D eigenvalue weighted by molar-refractivity contribution is 5.74. The van der Waals surface area contributed by atoms with Gasteiger partial charge in [-0.25, -0.2) is 0 Å². The first-order chi connectivity index (χ1) is 11.7. The molecule has 0 bridgehead atoms. The topological polar surface area (TPSA) is 74.8 Å². The maximum atomic E-state index is 9.34. The molecule has 132 valence electrons. The number of nitrogen functional groups attached to an aromatic ring is 1. The molecule has 2 rings (SSSR count). The van der Waals surface area contributed by atoms with Crippen molar-refractivity contribution in [2.75, 3.05) is 64.2 Å². The molecule has 0 aliphatic carbocycles. The van der Waals surface area contributed by atoms with Gasteiger partial charge >= 0.3 is 0 Å². The predicted octanol–water partition coefficient (Wildman–Crippen LogP) is 1.70. The van der Waals surface area contributed by atoms with E-state index in [0.717, 1.165) is 57.9 Å². The molecule has 0 saturated carbocycles. The lowest BCUT2D eigenvalue weighted by molar-refractivity contribution is 0.0787. The van der Waals surface area contributed by atoms with Crippen molar-refractivity contribution in [3.05, 3.63) is 23.8 Å². The van der Waals surface area contributed by atoms with Gasteiger partial charge in [-0.05, 0) is 25.0 Å². The van der Waals surface area contributed by atoms with Crippen LogP contribution in [0.15, 0.2) is 18.2 Å². The highest BCUT2D eigenvalue weighted by atomic mass is 16.5. The molecule has 0 radical (unpaired) electrons. The van der Waals surface area contributed by atoms with Gasteiger partial charge in [0.2, 0.25) is 0 Å².